The number of hydrogen-bond acceptors (Lipinski definition) is 3. The highest BCUT2D eigenvalue weighted by Crippen LogP contribution is 2.51. The van der Waals surface area contributed by atoms with Crippen molar-refractivity contribution in [3.05, 3.63) is 59.7 Å². The van der Waals surface area contributed by atoms with Gasteiger partial charge in [-0.1, -0.05) is 30.3 Å². The third kappa shape index (κ3) is 3.25. The zero-order valence-electron chi connectivity index (χ0n) is 15.2. The van der Waals surface area contributed by atoms with Crippen LogP contribution >= 0.6 is 0 Å². The quantitative estimate of drug-likeness (QED) is 0.761. The van der Waals surface area contributed by atoms with Gasteiger partial charge in [0.25, 0.3) is 0 Å². The molecule has 3 atom stereocenters. The van der Waals surface area contributed by atoms with Gasteiger partial charge in [-0.15, -0.1) is 0 Å². The van der Waals surface area contributed by atoms with Crippen molar-refractivity contribution in [1.82, 2.24) is 0 Å². The maximum atomic E-state index is 6.33. The van der Waals surface area contributed by atoms with E-state index >= 15 is 0 Å². The van der Waals surface area contributed by atoms with Gasteiger partial charge in [0.15, 0.2) is 0 Å². The summed E-state index contributed by atoms with van der Waals surface area (Å²) in [7, 11) is 0. The van der Waals surface area contributed by atoms with Crippen LogP contribution in [0.3, 0.4) is 0 Å². The second kappa shape index (κ2) is 6.38. The summed E-state index contributed by atoms with van der Waals surface area (Å²) in [5.74, 6) is 2.17. The molecule has 2 heterocycles. The topological polar surface area (TPSA) is 27.7 Å². The fourth-order valence-corrected chi connectivity index (χ4v) is 4.01. The van der Waals surface area contributed by atoms with Crippen molar-refractivity contribution < 1.29 is 14.2 Å². The average Bonchev–Trinajstić information content (AvgIpc) is 2.60. The summed E-state index contributed by atoms with van der Waals surface area (Å²) in [5.41, 5.74) is 2.09. The summed E-state index contributed by atoms with van der Waals surface area (Å²) in [6.45, 7) is 7.07. The second-order valence-electron chi connectivity index (χ2n) is 7.73. The van der Waals surface area contributed by atoms with Crippen molar-refractivity contribution in [3.8, 4) is 11.5 Å². The van der Waals surface area contributed by atoms with Crippen LogP contribution < -0.4 is 9.47 Å². The Balaban J connectivity index is 1.59. The van der Waals surface area contributed by atoms with Gasteiger partial charge < -0.3 is 14.2 Å². The van der Waals surface area contributed by atoms with Crippen LogP contribution in [0.15, 0.2) is 48.5 Å². The van der Waals surface area contributed by atoms with Gasteiger partial charge in [-0.3, -0.25) is 0 Å². The number of ether oxygens (including phenoxy) is 3. The Labute approximate surface area is 149 Å². The summed E-state index contributed by atoms with van der Waals surface area (Å²) in [5, 5.41) is 0. The average molecular weight is 338 g/mol. The monoisotopic (exact) mass is 338 g/mol. The van der Waals surface area contributed by atoms with Crippen LogP contribution in [0.5, 0.6) is 11.5 Å². The smallest absolute Gasteiger partial charge is 0.126 e. The SMILES string of the molecule is C[C@H]1CC[C@H]2[C@H](O1)c1cc(OCc3ccccc3)ccc1OC2(C)C. The van der Waals surface area contributed by atoms with Gasteiger partial charge >= 0.3 is 0 Å². The molecule has 25 heavy (non-hydrogen) atoms. The lowest BCUT2D eigenvalue weighted by Crippen LogP contribution is -2.48. The standard InChI is InChI=1S/C22H26O3/c1-15-9-11-19-21(24-15)18-13-17(10-12-20(18)25-22(19,2)3)23-14-16-7-5-4-6-8-16/h4-8,10,12-13,15,19,21H,9,11,14H2,1-3H3/t15-,19-,21+/m0/s1. The first kappa shape index (κ1) is 16.5. The van der Waals surface area contributed by atoms with Crippen LogP contribution in [-0.4, -0.2) is 11.7 Å². The molecule has 0 radical (unpaired) electrons. The highest BCUT2D eigenvalue weighted by Gasteiger charge is 2.46. The van der Waals surface area contributed by atoms with Crippen LogP contribution in [0.1, 0.15) is 50.8 Å². The van der Waals surface area contributed by atoms with E-state index < -0.39 is 0 Å². The summed E-state index contributed by atoms with van der Waals surface area (Å²) in [6.07, 6.45) is 2.60. The molecule has 0 saturated carbocycles. The van der Waals surface area contributed by atoms with Crippen molar-refractivity contribution >= 4 is 0 Å². The molecule has 0 aliphatic carbocycles. The largest absolute Gasteiger partial charge is 0.489 e. The normalized spacial score (nSPS) is 26.9. The molecule has 0 bridgehead atoms. The van der Waals surface area contributed by atoms with Gasteiger partial charge in [-0.2, -0.15) is 0 Å². The molecular weight excluding hydrogens is 312 g/mol. The van der Waals surface area contributed by atoms with Gasteiger partial charge in [0.1, 0.15) is 23.7 Å². The molecule has 2 aromatic rings. The Morgan fingerprint density at radius 1 is 1.08 bits per heavy atom. The predicted molar refractivity (Wildman–Crippen MR) is 97.9 cm³/mol. The third-order valence-electron chi connectivity index (χ3n) is 5.43. The fourth-order valence-electron chi connectivity index (χ4n) is 4.01. The summed E-state index contributed by atoms with van der Waals surface area (Å²) < 4.78 is 18.6. The Morgan fingerprint density at radius 3 is 2.68 bits per heavy atom. The van der Waals surface area contributed by atoms with E-state index in [1.54, 1.807) is 0 Å². The van der Waals surface area contributed by atoms with E-state index in [9.17, 15) is 0 Å². The highest BCUT2D eigenvalue weighted by atomic mass is 16.5. The summed E-state index contributed by atoms with van der Waals surface area (Å²) in [6, 6.07) is 16.3. The first-order chi connectivity index (χ1) is 12.0. The van der Waals surface area contributed by atoms with E-state index in [4.69, 9.17) is 14.2 Å². The van der Waals surface area contributed by atoms with Crippen molar-refractivity contribution in [3.63, 3.8) is 0 Å². The lowest BCUT2D eigenvalue weighted by atomic mass is 9.75. The molecule has 0 aromatic heterocycles. The maximum Gasteiger partial charge on any atom is 0.126 e. The van der Waals surface area contributed by atoms with E-state index in [1.165, 1.54) is 0 Å². The van der Waals surface area contributed by atoms with Gasteiger partial charge in [-0.25, -0.2) is 0 Å². The number of hydrogen-bond donors (Lipinski definition) is 0. The second-order valence-corrected chi connectivity index (χ2v) is 7.73. The molecule has 0 unspecified atom stereocenters. The highest BCUT2D eigenvalue weighted by molar-refractivity contribution is 5.44. The Bertz CT molecular complexity index is 738. The molecule has 2 aromatic carbocycles. The molecular formula is C22H26O3. The molecule has 132 valence electrons. The minimum absolute atomic E-state index is 0.0859. The molecule has 0 amide bonds. The molecule has 3 nitrogen and oxygen atoms in total. The zero-order valence-corrected chi connectivity index (χ0v) is 15.2. The molecule has 0 N–H and O–H groups in total. The van der Waals surface area contributed by atoms with E-state index in [1.807, 2.05) is 30.3 Å². The van der Waals surface area contributed by atoms with Crippen LogP contribution in [0.4, 0.5) is 0 Å². The van der Waals surface area contributed by atoms with Crippen molar-refractivity contribution in [2.45, 2.75) is 58.0 Å². The van der Waals surface area contributed by atoms with Crippen LogP contribution in [-0.2, 0) is 11.3 Å². The van der Waals surface area contributed by atoms with E-state index in [0.717, 1.165) is 35.5 Å². The first-order valence-electron chi connectivity index (χ1n) is 9.18. The van der Waals surface area contributed by atoms with Gasteiger partial charge in [-0.05, 0) is 57.4 Å². The van der Waals surface area contributed by atoms with Crippen molar-refractivity contribution in [2.24, 2.45) is 5.92 Å². The zero-order chi connectivity index (χ0) is 17.4. The minimum Gasteiger partial charge on any atom is -0.489 e. The Morgan fingerprint density at radius 2 is 1.88 bits per heavy atom. The van der Waals surface area contributed by atoms with Crippen LogP contribution in [0, 0.1) is 5.92 Å². The van der Waals surface area contributed by atoms with E-state index in [2.05, 4.69) is 39.0 Å². The maximum absolute atomic E-state index is 6.33. The molecule has 3 heteroatoms. The number of benzene rings is 2. The number of rotatable bonds is 3. The van der Waals surface area contributed by atoms with E-state index in [-0.39, 0.29) is 17.8 Å². The molecule has 2 aliphatic rings. The molecule has 1 saturated heterocycles. The van der Waals surface area contributed by atoms with Crippen molar-refractivity contribution in [2.75, 3.05) is 0 Å². The third-order valence-corrected chi connectivity index (χ3v) is 5.43. The predicted octanol–water partition coefficient (Wildman–Crippen LogP) is 5.29. The lowest BCUT2D eigenvalue weighted by molar-refractivity contribution is -0.144. The van der Waals surface area contributed by atoms with Crippen molar-refractivity contribution in [1.29, 1.82) is 0 Å². The van der Waals surface area contributed by atoms with Gasteiger partial charge in [0, 0.05) is 11.5 Å². The van der Waals surface area contributed by atoms with Crippen LogP contribution in [0.2, 0.25) is 0 Å². The molecule has 0 spiro atoms. The summed E-state index contributed by atoms with van der Waals surface area (Å²) in [4.78, 5) is 0. The fraction of sp³-hybridized carbons (Fsp3) is 0.455. The Kier molecular flexibility index (Phi) is 4.20. The van der Waals surface area contributed by atoms with E-state index in [0.29, 0.717) is 12.5 Å². The van der Waals surface area contributed by atoms with Gasteiger partial charge in [0.2, 0.25) is 0 Å². The minimum atomic E-state index is -0.204. The molecule has 4 rings (SSSR count). The molecule has 1 fully saturated rings. The Hall–Kier alpha value is -2.00. The lowest BCUT2D eigenvalue weighted by Gasteiger charge is -2.48. The van der Waals surface area contributed by atoms with Gasteiger partial charge in [0.05, 0.1) is 12.2 Å². The molecule has 2 aliphatic heterocycles. The number of fused-ring (bicyclic) bond motifs is 3. The van der Waals surface area contributed by atoms with Crippen LogP contribution in [0.25, 0.3) is 0 Å². The first-order valence-corrected chi connectivity index (χ1v) is 9.18. The summed E-state index contributed by atoms with van der Waals surface area (Å²) >= 11 is 0.